The van der Waals surface area contributed by atoms with Crippen molar-refractivity contribution < 1.29 is 27.2 Å². The number of nitrogens with zero attached hydrogens (tertiary/aromatic N) is 10. The van der Waals surface area contributed by atoms with Crippen LogP contribution in [-0.2, 0) is 9.59 Å². The Bertz CT molecular complexity index is 2450. The molecule has 61 heavy (non-hydrogen) atoms. The number of anilines is 1. The quantitative estimate of drug-likeness (QED) is 0.184. The number of hydrogen-bond acceptors (Lipinski definition) is 12. The molecule has 12 rings (SSSR count). The summed E-state index contributed by atoms with van der Waals surface area (Å²) < 4.78 is 54.1. The lowest BCUT2D eigenvalue weighted by atomic mass is 9.34. The summed E-state index contributed by atoms with van der Waals surface area (Å²) in [6, 6.07) is 9.57. The number of aromatic nitrogens is 4. The predicted octanol–water partition coefficient (Wildman–Crippen LogP) is 6.52. The van der Waals surface area contributed by atoms with E-state index < -0.39 is 40.8 Å². The summed E-state index contributed by atoms with van der Waals surface area (Å²) in [6.45, 7) is 1.29. The van der Waals surface area contributed by atoms with Crippen molar-refractivity contribution in [1.29, 1.82) is 10.5 Å². The summed E-state index contributed by atoms with van der Waals surface area (Å²) in [4.78, 5) is 41.4. The number of carbonyl (C=O) groups is 2. The number of hydrazone groups is 2. The Morgan fingerprint density at radius 1 is 0.689 bits per heavy atom. The van der Waals surface area contributed by atoms with Crippen LogP contribution in [0.15, 0.2) is 71.4 Å². The molecular formula is C42H37ClF4N12O2. The van der Waals surface area contributed by atoms with E-state index in [0.717, 1.165) is 50.7 Å². The molecule has 0 saturated heterocycles. The number of nitrogens with two attached hydrogens (primary N) is 1. The molecule has 4 bridgehead atoms. The zero-order valence-corrected chi connectivity index (χ0v) is 33.2. The van der Waals surface area contributed by atoms with Gasteiger partial charge in [0.2, 0.25) is 11.8 Å². The van der Waals surface area contributed by atoms with E-state index in [0.29, 0.717) is 48.0 Å². The number of hydrogen-bond donors (Lipinski definition) is 2. The van der Waals surface area contributed by atoms with E-state index >= 15 is 0 Å². The van der Waals surface area contributed by atoms with Gasteiger partial charge in [-0.05, 0) is 91.3 Å². The lowest BCUT2D eigenvalue weighted by Gasteiger charge is -2.69. The lowest BCUT2D eigenvalue weighted by Crippen LogP contribution is -2.69. The Balaban J connectivity index is 0.000000144. The minimum absolute atomic E-state index is 0.0359. The molecule has 0 radical (unpaired) electrons. The van der Waals surface area contributed by atoms with E-state index in [-0.39, 0.29) is 39.4 Å². The highest BCUT2D eigenvalue weighted by molar-refractivity contribution is 6.29. The number of rotatable bonds is 8. The second-order valence-corrected chi connectivity index (χ2v) is 17.1. The number of carbonyl (C=O) groups excluding carboxylic acids is 2. The van der Waals surface area contributed by atoms with Crippen molar-refractivity contribution in [1.82, 2.24) is 30.0 Å². The Morgan fingerprint density at radius 2 is 1.13 bits per heavy atom. The molecular weight excluding hydrogens is 816 g/mol. The van der Waals surface area contributed by atoms with E-state index in [2.05, 4.69) is 35.5 Å². The van der Waals surface area contributed by atoms with Crippen LogP contribution >= 0.6 is 11.6 Å². The molecule has 2 atom stereocenters. The van der Waals surface area contributed by atoms with E-state index in [1.807, 2.05) is 12.1 Å². The average molecular weight is 853 g/mol. The van der Waals surface area contributed by atoms with Gasteiger partial charge in [-0.1, -0.05) is 11.6 Å². The van der Waals surface area contributed by atoms with Crippen molar-refractivity contribution >= 4 is 41.7 Å². The van der Waals surface area contributed by atoms with Gasteiger partial charge in [-0.2, -0.15) is 20.7 Å². The standard InChI is InChI=1S/C21H18F2N6O.C16H17F2N3O.C5H2ClN3/c22-14-3-13(4-15(23)5-14)17-1-2-28-29(17)19(30)21-9-20(10-21,11-21)12-27-18-8-25-16(6-24)7-26-18;17-11-3-10(4-12(18)5-11)13-1-2-20-21(13)14(22)16-6-15(7-16,8-16)9-19;6-5-3-8-4(1-7)2-9-5/h2-5,7-8,17H,1,9-12H2,(H,26,27);2-5,13H,1,6-9,19H2;2-3H. The van der Waals surface area contributed by atoms with Crippen LogP contribution in [0.3, 0.4) is 0 Å². The summed E-state index contributed by atoms with van der Waals surface area (Å²) in [5.41, 5.74) is 6.54. The molecule has 14 nitrogen and oxygen atoms in total. The van der Waals surface area contributed by atoms with Gasteiger partial charge >= 0.3 is 0 Å². The maximum absolute atomic E-state index is 13.6. The molecule has 2 unspecified atom stereocenters. The normalized spacial score (nSPS) is 27.9. The third kappa shape index (κ3) is 7.89. The number of benzene rings is 2. The highest BCUT2D eigenvalue weighted by atomic mass is 35.5. The van der Waals surface area contributed by atoms with Crippen LogP contribution in [0.1, 0.15) is 86.0 Å². The first kappa shape index (κ1) is 41.4. The van der Waals surface area contributed by atoms with Crippen LogP contribution in [-0.4, -0.2) is 67.3 Å². The summed E-state index contributed by atoms with van der Waals surface area (Å²) >= 11 is 5.39. The number of amides is 2. The lowest BCUT2D eigenvalue weighted by molar-refractivity contribution is -0.213. The zero-order chi connectivity index (χ0) is 43.2. The fourth-order valence-electron chi connectivity index (χ4n) is 9.77. The first-order valence-corrected chi connectivity index (χ1v) is 19.8. The van der Waals surface area contributed by atoms with E-state index in [9.17, 15) is 27.2 Å². The molecule has 6 fully saturated rings. The van der Waals surface area contributed by atoms with Crippen LogP contribution in [0, 0.1) is 67.6 Å². The zero-order valence-electron chi connectivity index (χ0n) is 32.4. The topological polar surface area (TPSA) is 203 Å². The summed E-state index contributed by atoms with van der Waals surface area (Å²) in [7, 11) is 0. The molecule has 312 valence electrons. The minimum atomic E-state index is -0.661. The predicted molar refractivity (Wildman–Crippen MR) is 212 cm³/mol. The molecule has 2 amide bonds. The van der Waals surface area contributed by atoms with Crippen molar-refractivity contribution in [2.24, 2.45) is 37.6 Å². The number of halogens is 5. The van der Waals surface area contributed by atoms with Gasteiger partial charge in [-0.15, -0.1) is 0 Å². The SMILES string of the molecule is N#Cc1cnc(Cl)cn1.N#Cc1cnc(NCC23CC(C(=O)N4N=CCC4c4cc(F)cc(F)c4)(C2)C3)cn1.NCC12CC(C(=O)N3N=CCC3c3cc(F)cc(F)c3)(C1)C2. The van der Waals surface area contributed by atoms with Crippen LogP contribution in [0.4, 0.5) is 23.4 Å². The Kier molecular flexibility index (Phi) is 10.8. The van der Waals surface area contributed by atoms with Crippen molar-refractivity contribution in [3.8, 4) is 12.1 Å². The minimum Gasteiger partial charge on any atom is -0.368 e. The maximum atomic E-state index is 13.6. The first-order valence-electron chi connectivity index (χ1n) is 19.4. The highest BCUT2D eigenvalue weighted by Gasteiger charge is 2.73. The molecule has 6 saturated carbocycles. The number of nitriles is 2. The van der Waals surface area contributed by atoms with Gasteiger partial charge in [0.15, 0.2) is 11.4 Å². The van der Waals surface area contributed by atoms with Crippen LogP contribution in [0.2, 0.25) is 5.15 Å². The fourth-order valence-corrected chi connectivity index (χ4v) is 9.87. The van der Waals surface area contributed by atoms with Crippen molar-refractivity contribution in [3.05, 3.63) is 112 Å². The summed E-state index contributed by atoms with van der Waals surface area (Å²) in [5.74, 6) is -2.12. The van der Waals surface area contributed by atoms with Gasteiger partial charge in [0.25, 0.3) is 0 Å². The van der Waals surface area contributed by atoms with Gasteiger partial charge in [0.1, 0.15) is 46.4 Å². The van der Waals surface area contributed by atoms with Gasteiger partial charge in [0, 0.05) is 43.9 Å². The van der Waals surface area contributed by atoms with Crippen molar-refractivity contribution in [2.75, 3.05) is 18.4 Å². The second kappa shape index (κ2) is 15.9. The summed E-state index contributed by atoms with van der Waals surface area (Å²) in [5, 5.41) is 31.7. The Morgan fingerprint density at radius 3 is 1.52 bits per heavy atom. The first-order chi connectivity index (χ1) is 29.2. The Hall–Kier alpha value is -6.37. The van der Waals surface area contributed by atoms with Gasteiger partial charge in [-0.25, -0.2) is 47.5 Å². The molecule has 2 aromatic heterocycles. The van der Waals surface area contributed by atoms with Crippen molar-refractivity contribution in [2.45, 2.75) is 63.5 Å². The average Bonchev–Trinajstić information content (AvgIpc) is 3.88. The van der Waals surface area contributed by atoms with Crippen LogP contribution < -0.4 is 11.1 Å². The molecule has 4 heterocycles. The van der Waals surface area contributed by atoms with Gasteiger partial charge < -0.3 is 11.1 Å². The highest BCUT2D eigenvalue weighted by Crippen LogP contribution is 2.74. The fraction of sp³-hybridized carbons (Fsp3) is 0.381. The largest absolute Gasteiger partial charge is 0.368 e. The third-order valence-corrected chi connectivity index (χ3v) is 12.6. The molecule has 4 aromatic rings. The molecule has 3 N–H and O–H groups in total. The second-order valence-electron chi connectivity index (χ2n) is 16.7. The smallest absolute Gasteiger partial charge is 0.249 e. The van der Waals surface area contributed by atoms with Crippen LogP contribution in [0.25, 0.3) is 0 Å². The van der Waals surface area contributed by atoms with E-state index in [4.69, 9.17) is 27.9 Å². The molecule has 2 aliphatic heterocycles. The molecule has 19 heteroatoms. The van der Waals surface area contributed by atoms with Crippen LogP contribution in [0.5, 0.6) is 0 Å². The van der Waals surface area contributed by atoms with Gasteiger partial charge in [0.05, 0.1) is 47.7 Å². The Labute approximate surface area is 352 Å². The molecule has 8 aliphatic rings. The molecule has 2 aromatic carbocycles. The monoisotopic (exact) mass is 852 g/mol. The molecule has 6 aliphatic carbocycles. The van der Waals surface area contributed by atoms with E-state index in [1.165, 1.54) is 59.1 Å². The number of nitrogens with one attached hydrogen (secondary N) is 1. The van der Waals surface area contributed by atoms with E-state index in [1.54, 1.807) is 12.4 Å². The van der Waals surface area contributed by atoms with Crippen molar-refractivity contribution in [3.63, 3.8) is 0 Å². The van der Waals surface area contributed by atoms with Gasteiger partial charge in [-0.3, -0.25) is 9.59 Å². The molecule has 0 spiro atoms. The summed E-state index contributed by atoms with van der Waals surface area (Å²) in [6.07, 6.45) is 14.4. The third-order valence-electron chi connectivity index (χ3n) is 12.4. The maximum Gasteiger partial charge on any atom is 0.249 e.